The van der Waals surface area contributed by atoms with Crippen LogP contribution in [-0.4, -0.2) is 11.1 Å². The fourth-order valence-corrected chi connectivity index (χ4v) is 5.69. The Morgan fingerprint density at radius 3 is 2.65 bits per heavy atom. The molecule has 0 unspecified atom stereocenters. The predicted octanol–water partition coefficient (Wildman–Crippen LogP) is 5.10. The zero-order valence-corrected chi connectivity index (χ0v) is 13.4. The number of thiophene rings is 3. The molecule has 0 saturated heterocycles. The summed E-state index contributed by atoms with van der Waals surface area (Å²) in [4.78, 5) is 13.7. The Kier molecular flexibility index (Phi) is 3.32. The van der Waals surface area contributed by atoms with Gasteiger partial charge in [-0.2, -0.15) is 0 Å². The van der Waals surface area contributed by atoms with E-state index < -0.39 is 5.97 Å². The van der Waals surface area contributed by atoms with E-state index >= 15 is 0 Å². The lowest BCUT2D eigenvalue weighted by molar-refractivity contribution is 0.0703. The van der Waals surface area contributed by atoms with Crippen LogP contribution >= 0.6 is 34.0 Å². The molecule has 3 heterocycles. The normalized spacial score (nSPS) is 11.6. The van der Waals surface area contributed by atoms with Gasteiger partial charge in [0.2, 0.25) is 0 Å². The summed E-state index contributed by atoms with van der Waals surface area (Å²) in [5, 5.41) is 11.3. The highest BCUT2D eigenvalue weighted by atomic mass is 32.1. The second kappa shape index (κ2) is 4.87. The van der Waals surface area contributed by atoms with E-state index in [-0.39, 0.29) is 10.8 Å². The third-order valence-corrected chi connectivity index (χ3v) is 6.60. The highest BCUT2D eigenvalue weighted by Crippen LogP contribution is 2.46. The van der Waals surface area contributed by atoms with Crippen molar-refractivity contribution in [2.75, 3.05) is 5.73 Å². The topological polar surface area (TPSA) is 63.3 Å². The molecule has 0 aliphatic carbocycles. The molecule has 0 bridgehead atoms. The van der Waals surface area contributed by atoms with E-state index in [1.54, 1.807) is 22.7 Å². The number of nitrogens with two attached hydrogens (primary N) is 1. The zero-order valence-electron chi connectivity index (χ0n) is 11.0. The van der Waals surface area contributed by atoms with Crippen molar-refractivity contribution < 1.29 is 9.90 Å². The van der Waals surface area contributed by atoms with Gasteiger partial charge in [-0.15, -0.1) is 34.0 Å². The Morgan fingerprint density at radius 1 is 1.30 bits per heavy atom. The monoisotopic (exact) mass is 323 g/mol. The van der Waals surface area contributed by atoms with E-state index in [9.17, 15) is 9.90 Å². The van der Waals surface area contributed by atoms with Gasteiger partial charge in [0.25, 0.3) is 0 Å². The summed E-state index contributed by atoms with van der Waals surface area (Å²) in [6, 6.07) is 4.23. The van der Waals surface area contributed by atoms with E-state index in [0.29, 0.717) is 5.69 Å². The maximum atomic E-state index is 11.3. The summed E-state index contributed by atoms with van der Waals surface area (Å²) in [6.45, 7) is 4.09. The second-order valence-corrected chi connectivity index (χ2v) is 7.86. The standard InChI is InChI=1S/C14H13NO2S3/c1-6(2)10-11(15)13(14(16)17)20-12(10)9-5-8-7(19-9)3-4-18-8/h3-6H,15H2,1-2H3,(H,16,17). The first kappa shape index (κ1) is 13.6. The first-order chi connectivity index (χ1) is 9.49. The first-order valence-corrected chi connectivity index (χ1v) is 8.63. The van der Waals surface area contributed by atoms with Gasteiger partial charge in [0.05, 0.1) is 10.6 Å². The molecule has 0 aliphatic heterocycles. The molecule has 3 aromatic heterocycles. The summed E-state index contributed by atoms with van der Waals surface area (Å²) in [7, 11) is 0. The van der Waals surface area contributed by atoms with Crippen molar-refractivity contribution in [1.29, 1.82) is 0 Å². The molecule has 0 radical (unpaired) electrons. The van der Waals surface area contributed by atoms with Crippen LogP contribution in [0.4, 0.5) is 5.69 Å². The summed E-state index contributed by atoms with van der Waals surface area (Å²) in [5.74, 6) is -0.742. The number of hydrogen-bond acceptors (Lipinski definition) is 5. The molecular weight excluding hydrogens is 310 g/mol. The average Bonchev–Trinajstić information content (AvgIpc) is 2.98. The van der Waals surface area contributed by atoms with E-state index in [2.05, 4.69) is 17.5 Å². The lowest BCUT2D eigenvalue weighted by Gasteiger charge is -2.07. The Hall–Kier alpha value is -1.37. The fraction of sp³-hybridized carbons (Fsp3) is 0.214. The van der Waals surface area contributed by atoms with Gasteiger partial charge >= 0.3 is 5.97 Å². The SMILES string of the molecule is CC(C)c1c(-c2cc3sccc3s2)sc(C(=O)O)c1N. The van der Waals surface area contributed by atoms with Gasteiger partial charge in [-0.25, -0.2) is 4.79 Å². The minimum Gasteiger partial charge on any atom is -0.477 e. The van der Waals surface area contributed by atoms with Crippen molar-refractivity contribution in [3.05, 3.63) is 28.0 Å². The fourth-order valence-electron chi connectivity index (χ4n) is 2.25. The number of fused-ring (bicyclic) bond motifs is 1. The molecule has 3 nitrogen and oxygen atoms in total. The average molecular weight is 323 g/mol. The Morgan fingerprint density at radius 2 is 2.05 bits per heavy atom. The number of rotatable bonds is 3. The van der Waals surface area contributed by atoms with Crippen LogP contribution in [0.1, 0.15) is 35.0 Å². The first-order valence-electron chi connectivity index (χ1n) is 6.12. The number of aromatic carboxylic acids is 1. The Labute approximate surface area is 128 Å². The molecule has 0 spiro atoms. The van der Waals surface area contributed by atoms with E-state index in [4.69, 9.17) is 5.73 Å². The van der Waals surface area contributed by atoms with Crippen LogP contribution in [-0.2, 0) is 0 Å². The van der Waals surface area contributed by atoms with Gasteiger partial charge in [-0.1, -0.05) is 13.8 Å². The molecule has 20 heavy (non-hydrogen) atoms. The van der Waals surface area contributed by atoms with Gasteiger partial charge in [0.1, 0.15) is 4.88 Å². The highest BCUT2D eigenvalue weighted by Gasteiger charge is 2.24. The molecule has 3 rings (SSSR count). The van der Waals surface area contributed by atoms with Gasteiger partial charge in [-0.05, 0) is 29.0 Å². The van der Waals surface area contributed by atoms with E-state index in [1.807, 2.05) is 13.8 Å². The van der Waals surface area contributed by atoms with Gasteiger partial charge in [0, 0.05) is 14.3 Å². The number of carboxylic acids is 1. The molecule has 0 saturated carbocycles. The van der Waals surface area contributed by atoms with Crippen molar-refractivity contribution in [2.24, 2.45) is 0 Å². The molecule has 0 aliphatic rings. The highest BCUT2D eigenvalue weighted by molar-refractivity contribution is 7.31. The quantitative estimate of drug-likeness (QED) is 0.705. The minimum atomic E-state index is -0.945. The summed E-state index contributed by atoms with van der Waals surface area (Å²) in [5.41, 5.74) is 7.43. The summed E-state index contributed by atoms with van der Waals surface area (Å²) < 4.78 is 2.48. The maximum Gasteiger partial charge on any atom is 0.348 e. The molecule has 0 fully saturated rings. The van der Waals surface area contributed by atoms with Crippen molar-refractivity contribution in [3.63, 3.8) is 0 Å². The lowest BCUT2D eigenvalue weighted by Crippen LogP contribution is -2.00. The molecule has 6 heteroatoms. The molecular formula is C14H13NO2S3. The zero-order chi connectivity index (χ0) is 14.4. The van der Waals surface area contributed by atoms with Crippen LogP contribution in [0.2, 0.25) is 0 Å². The Balaban J connectivity index is 2.24. The van der Waals surface area contributed by atoms with Crippen LogP contribution in [0.25, 0.3) is 19.2 Å². The van der Waals surface area contributed by atoms with Crippen molar-refractivity contribution >= 4 is 55.1 Å². The van der Waals surface area contributed by atoms with E-state index in [0.717, 1.165) is 15.3 Å². The number of hydrogen-bond donors (Lipinski definition) is 2. The van der Waals surface area contributed by atoms with E-state index in [1.165, 1.54) is 20.7 Å². The van der Waals surface area contributed by atoms with Gasteiger partial charge in [-0.3, -0.25) is 0 Å². The third-order valence-electron chi connectivity index (χ3n) is 3.12. The number of carboxylic acid groups (broad SMARTS) is 1. The summed E-state index contributed by atoms with van der Waals surface area (Å²) >= 11 is 4.68. The van der Waals surface area contributed by atoms with Crippen LogP contribution in [0.3, 0.4) is 0 Å². The number of anilines is 1. The molecule has 0 atom stereocenters. The number of nitrogen functional groups attached to an aromatic ring is 1. The summed E-state index contributed by atoms with van der Waals surface area (Å²) in [6.07, 6.45) is 0. The third kappa shape index (κ3) is 2.04. The minimum absolute atomic E-state index is 0.203. The van der Waals surface area contributed by atoms with Crippen LogP contribution in [0.5, 0.6) is 0 Å². The molecule has 3 aromatic rings. The van der Waals surface area contributed by atoms with Crippen molar-refractivity contribution in [2.45, 2.75) is 19.8 Å². The smallest absolute Gasteiger partial charge is 0.348 e. The van der Waals surface area contributed by atoms with Crippen molar-refractivity contribution in [3.8, 4) is 9.75 Å². The predicted molar refractivity (Wildman–Crippen MR) is 88.5 cm³/mol. The largest absolute Gasteiger partial charge is 0.477 e. The van der Waals surface area contributed by atoms with Crippen molar-refractivity contribution in [1.82, 2.24) is 0 Å². The van der Waals surface area contributed by atoms with Crippen LogP contribution in [0.15, 0.2) is 17.5 Å². The number of carbonyl (C=O) groups is 1. The Bertz CT molecular complexity index is 766. The molecule has 0 aromatic carbocycles. The molecule has 3 N–H and O–H groups in total. The maximum absolute atomic E-state index is 11.3. The van der Waals surface area contributed by atoms with Gasteiger partial charge in [0.15, 0.2) is 0 Å². The van der Waals surface area contributed by atoms with Crippen LogP contribution in [0, 0.1) is 0 Å². The molecule has 0 amide bonds. The molecule has 104 valence electrons. The lowest BCUT2D eigenvalue weighted by atomic mass is 10.0. The second-order valence-electron chi connectivity index (χ2n) is 4.81. The van der Waals surface area contributed by atoms with Crippen LogP contribution < -0.4 is 5.73 Å². The van der Waals surface area contributed by atoms with Gasteiger partial charge < -0.3 is 10.8 Å².